The predicted molar refractivity (Wildman–Crippen MR) is 73.1 cm³/mol. The van der Waals surface area contributed by atoms with Crippen molar-refractivity contribution in [2.45, 2.75) is 20.0 Å². The summed E-state index contributed by atoms with van der Waals surface area (Å²) in [6.07, 6.45) is -4.28. The Morgan fingerprint density at radius 2 is 2.00 bits per heavy atom. The third-order valence-corrected chi connectivity index (χ3v) is 2.74. The molecule has 4 nitrogen and oxygen atoms in total. The van der Waals surface area contributed by atoms with Gasteiger partial charge in [0.05, 0.1) is 12.1 Å². The minimum atomic E-state index is -4.62. The van der Waals surface area contributed by atoms with Crippen molar-refractivity contribution in [3.05, 3.63) is 29.3 Å². The van der Waals surface area contributed by atoms with Gasteiger partial charge in [0, 0.05) is 17.8 Å². The van der Waals surface area contributed by atoms with E-state index in [0.717, 1.165) is 6.07 Å². The zero-order valence-electron chi connectivity index (χ0n) is 11.8. The highest BCUT2D eigenvalue weighted by Gasteiger charge is 2.35. The highest BCUT2D eigenvalue weighted by Crippen LogP contribution is 2.37. The Kier molecular flexibility index (Phi) is 5.34. The van der Waals surface area contributed by atoms with Crippen LogP contribution in [0.15, 0.2) is 18.2 Å². The summed E-state index contributed by atoms with van der Waals surface area (Å²) < 4.78 is 39.4. The highest BCUT2D eigenvalue weighted by molar-refractivity contribution is 5.81. The SMILES string of the molecule is CC(C)CN(CC(N)=O)c1ccc(C=O)cc1C(F)(F)F. The van der Waals surface area contributed by atoms with Gasteiger partial charge in [-0.1, -0.05) is 13.8 Å². The monoisotopic (exact) mass is 302 g/mol. The Hall–Kier alpha value is -2.05. The smallest absolute Gasteiger partial charge is 0.368 e. The van der Waals surface area contributed by atoms with E-state index in [1.807, 2.05) is 13.8 Å². The molecule has 0 bridgehead atoms. The standard InChI is InChI=1S/C14H17F3N2O2/c1-9(2)6-19(7-13(18)21)12-4-3-10(8-20)5-11(12)14(15,16)17/h3-5,8-9H,6-7H2,1-2H3,(H2,18,21). The van der Waals surface area contributed by atoms with E-state index in [0.29, 0.717) is 6.29 Å². The lowest BCUT2D eigenvalue weighted by atomic mass is 10.1. The van der Waals surface area contributed by atoms with Gasteiger partial charge in [-0.15, -0.1) is 0 Å². The Morgan fingerprint density at radius 3 is 2.43 bits per heavy atom. The van der Waals surface area contributed by atoms with E-state index < -0.39 is 17.6 Å². The minimum absolute atomic E-state index is 0.0381. The molecule has 0 radical (unpaired) electrons. The Bertz CT molecular complexity index is 527. The highest BCUT2D eigenvalue weighted by atomic mass is 19.4. The second-order valence-electron chi connectivity index (χ2n) is 5.13. The maximum Gasteiger partial charge on any atom is 0.418 e. The van der Waals surface area contributed by atoms with Crippen LogP contribution < -0.4 is 10.6 Å². The molecule has 0 atom stereocenters. The minimum Gasteiger partial charge on any atom is -0.368 e. The molecule has 1 aromatic carbocycles. The van der Waals surface area contributed by atoms with Gasteiger partial charge in [-0.05, 0) is 24.1 Å². The van der Waals surface area contributed by atoms with Crippen LogP contribution in [0.5, 0.6) is 0 Å². The molecular formula is C14H17F3N2O2. The number of rotatable bonds is 6. The Labute approximate surface area is 120 Å². The normalized spacial score (nSPS) is 11.5. The first-order valence-electron chi connectivity index (χ1n) is 6.34. The lowest BCUT2D eigenvalue weighted by molar-refractivity contribution is -0.137. The second-order valence-corrected chi connectivity index (χ2v) is 5.13. The lowest BCUT2D eigenvalue weighted by Crippen LogP contribution is -2.37. The van der Waals surface area contributed by atoms with Gasteiger partial charge < -0.3 is 10.6 Å². The van der Waals surface area contributed by atoms with Gasteiger partial charge in [-0.3, -0.25) is 9.59 Å². The van der Waals surface area contributed by atoms with Crippen LogP contribution in [0.1, 0.15) is 29.8 Å². The number of nitrogens with two attached hydrogens (primary N) is 1. The second kappa shape index (κ2) is 6.60. The van der Waals surface area contributed by atoms with Gasteiger partial charge in [0.25, 0.3) is 0 Å². The number of halogens is 3. The lowest BCUT2D eigenvalue weighted by Gasteiger charge is -2.28. The number of alkyl halides is 3. The summed E-state index contributed by atoms with van der Waals surface area (Å²) in [5, 5.41) is 0. The first-order valence-corrected chi connectivity index (χ1v) is 6.34. The summed E-state index contributed by atoms with van der Waals surface area (Å²) in [4.78, 5) is 23.0. The summed E-state index contributed by atoms with van der Waals surface area (Å²) >= 11 is 0. The van der Waals surface area contributed by atoms with E-state index in [-0.39, 0.29) is 30.3 Å². The first-order chi connectivity index (χ1) is 9.65. The molecule has 0 saturated heterocycles. The fourth-order valence-electron chi connectivity index (χ4n) is 2.01. The molecule has 0 fully saturated rings. The molecule has 1 aromatic rings. The summed E-state index contributed by atoms with van der Waals surface area (Å²) in [5.41, 5.74) is 3.93. The largest absolute Gasteiger partial charge is 0.418 e. The maximum atomic E-state index is 13.1. The van der Waals surface area contributed by atoms with Crippen LogP contribution in [0.2, 0.25) is 0 Å². The molecule has 1 amide bonds. The predicted octanol–water partition coefficient (Wildman–Crippen LogP) is 2.47. The van der Waals surface area contributed by atoms with Gasteiger partial charge in [-0.25, -0.2) is 0 Å². The van der Waals surface area contributed by atoms with Crippen LogP contribution in [-0.2, 0) is 11.0 Å². The fourth-order valence-corrected chi connectivity index (χ4v) is 2.01. The molecule has 7 heteroatoms. The molecule has 0 unspecified atom stereocenters. The van der Waals surface area contributed by atoms with Gasteiger partial charge >= 0.3 is 6.18 Å². The van der Waals surface area contributed by atoms with Gasteiger partial charge in [0.15, 0.2) is 0 Å². The summed E-state index contributed by atoms with van der Waals surface area (Å²) in [5.74, 6) is -0.681. The van der Waals surface area contributed by atoms with E-state index in [1.54, 1.807) is 0 Å². The molecule has 0 saturated carbocycles. The van der Waals surface area contributed by atoms with Crippen molar-refractivity contribution in [3.8, 4) is 0 Å². The zero-order chi connectivity index (χ0) is 16.2. The molecule has 0 aliphatic carbocycles. The summed E-state index contributed by atoms with van der Waals surface area (Å²) in [6.45, 7) is 3.57. The molecule has 0 aliphatic heterocycles. The zero-order valence-corrected chi connectivity index (χ0v) is 11.8. The quantitative estimate of drug-likeness (QED) is 0.821. The van der Waals surface area contributed by atoms with Crippen LogP contribution in [0, 0.1) is 5.92 Å². The van der Waals surface area contributed by atoms with Crippen molar-refractivity contribution in [1.82, 2.24) is 0 Å². The molecule has 2 N–H and O–H groups in total. The number of benzene rings is 1. The molecule has 21 heavy (non-hydrogen) atoms. The average molecular weight is 302 g/mol. The number of amides is 1. The van der Waals surface area contributed by atoms with E-state index in [9.17, 15) is 22.8 Å². The number of primary amides is 1. The van der Waals surface area contributed by atoms with Crippen molar-refractivity contribution in [3.63, 3.8) is 0 Å². The van der Waals surface area contributed by atoms with Crippen molar-refractivity contribution in [2.24, 2.45) is 11.7 Å². The van der Waals surface area contributed by atoms with Crippen molar-refractivity contribution in [1.29, 1.82) is 0 Å². The van der Waals surface area contributed by atoms with Gasteiger partial charge in [-0.2, -0.15) is 13.2 Å². The van der Waals surface area contributed by atoms with Crippen molar-refractivity contribution >= 4 is 17.9 Å². The fraction of sp³-hybridized carbons (Fsp3) is 0.429. The number of anilines is 1. The number of carbonyl (C=O) groups excluding carboxylic acids is 2. The maximum absolute atomic E-state index is 13.1. The van der Waals surface area contributed by atoms with E-state index in [1.165, 1.54) is 17.0 Å². The average Bonchev–Trinajstić information content (AvgIpc) is 2.35. The Balaban J connectivity index is 3.34. The number of hydrogen-bond donors (Lipinski definition) is 1. The van der Waals surface area contributed by atoms with Crippen LogP contribution in [0.3, 0.4) is 0 Å². The van der Waals surface area contributed by atoms with Crippen molar-refractivity contribution in [2.75, 3.05) is 18.0 Å². The van der Waals surface area contributed by atoms with E-state index in [2.05, 4.69) is 0 Å². The molecule has 0 aliphatic rings. The van der Waals surface area contributed by atoms with Gasteiger partial charge in [0.1, 0.15) is 6.29 Å². The number of nitrogens with zero attached hydrogens (tertiary/aromatic N) is 1. The van der Waals surface area contributed by atoms with Gasteiger partial charge in [0.2, 0.25) is 5.91 Å². The molecule has 116 valence electrons. The molecular weight excluding hydrogens is 285 g/mol. The van der Waals surface area contributed by atoms with Crippen LogP contribution >= 0.6 is 0 Å². The first kappa shape index (κ1) is 17.0. The number of aldehydes is 1. The topological polar surface area (TPSA) is 63.4 Å². The van der Waals surface area contributed by atoms with Crippen LogP contribution in [0.25, 0.3) is 0 Å². The third-order valence-electron chi connectivity index (χ3n) is 2.74. The van der Waals surface area contributed by atoms with Crippen LogP contribution in [-0.4, -0.2) is 25.3 Å². The summed E-state index contributed by atoms with van der Waals surface area (Å²) in [6, 6.07) is 3.25. The number of hydrogen-bond acceptors (Lipinski definition) is 3. The molecule has 0 aromatic heterocycles. The third kappa shape index (κ3) is 4.77. The van der Waals surface area contributed by atoms with E-state index in [4.69, 9.17) is 5.73 Å². The molecule has 0 spiro atoms. The molecule has 0 heterocycles. The number of carbonyl (C=O) groups is 2. The van der Waals surface area contributed by atoms with Crippen molar-refractivity contribution < 1.29 is 22.8 Å². The molecule has 1 rings (SSSR count). The Morgan fingerprint density at radius 1 is 1.38 bits per heavy atom. The van der Waals surface area contributed by atoms with E-state index >= 15 is 0 Å². The summed E-state index contributed by atoms with van der Waals surface area (Å²) in [7, 11) is 0. The van der Waals surface area contributed by atoms with Crippen LogP contribution in [0.4, 0.5) is 18.9 Å².